The molecule has 0 aromatic heterocycles. The molecule has 1 rings (SSSR count). The molecular formula is C13H23NO3. The lowest BCUT2D eigenvalue weighted by atomic mass is 9.94. The van der Waals surface area contributed by atoms with Crippen LogP contribution in [0.3, 0.4) is 0 Å². The van der Waals surface area contributed by atoms with Crippen LogP contribution in [0.2, 0.25) is 0 Å². The van der Waals surface area contributed by atoms with Gasteiger partial charge < -0.3 is 14.7 Å². The van der Waals surface area contributed by atoms with Crippen LogP contribution < -0.4 is 0 Å². The molecule has 4 heteroatoms. The summed E-state index contributed by atoms with van der Waals surface area (Å²) in [6.45, 7) is 5.34. The van der Waals surface area contributed by atoms with E-state index in [2.05, 4.69) is 0 Å². The number of carbonyl (C=O) groups is 1. The Kier molecular flexibility index (Phi) is 5.15. The monoisotopic (exact) mass is 241 g/mol. The minimum atomic E-state index is -0.783. The Bertz CT molecular complexity index is 293. The lowest BCUT2D eigenvalue weighted by molar-refractivity contribution is -0.132. The van der Waals surface area contributed by atoms with Crippen molar-refractivity contribution in [3.8, 4) is 0 Å². The fourth-order valence-corrected chi connectivity index (χ4v) is 2.12. The molecule has 1 fully saturated rings. The van der Waals surface area contributed by atoms with Crippen molar-refractivity contribution in [2.75, 3.05) is 26.8 Å². The van der Waals surface area contributed by atoms with E-state index in [0.717, 1.165) is 12.0 Å². The van der Waals surface area contributed by atoms with E-state index in [1.807, 2.05) is 19.9 Å². The first-order valence-electron chi connectivity index (χ1n) is 6.21. The molecule has 1 saturated heterocycles. The maximum atomic E-state index is 12.0. The van der Waals surface area contributed by atoms with E-state index in [0.29, 0.717) is 32.6 Å². The van der Waals surface area contributed by atoms with Gasteiger partial charge in [0, 0.05) is 45.2 Å². The van der Waals surface area contributed by atoms with Crippen molar-refractivity contribution in [2.24, 2.45) is 0 Å². The number of nitrogens with zero attached hydrogens (tertiary/aromatic N) is 1. The van der Waals surface area contributed by atoms with Gasteiger partial charge in [-0.1, -0.05) is 13.0 Å². The van der Waals surface area contributed by atoms with E-state index < -0.39 is 5.60 Å². The van der Waals surface area contributed by atoms with Crippen LogP contribution in [-0.4, -0.2) is 48.3 Å². The maximum absolute atomic E-state index is 12.0. The highest BCUT2D eigenvalue weighted by Crippen LogP contribution is 2.21. The van der Waals surface area contributed by atoms with Gasteiger partial charge in [0.15, 0.2) is 0 Å². The molecule has 0 unspecified atom stereocenters. The lowest BCUT2D eigenvalue weighted by Crippen LogP contribution is -2.47. The van der Waals surface area contributed by atoms with Gasteiger partial charge in [-0.2, -0.15) is 0 Å². The van der Waals surface area contributed by atoms with Crippen LogP contribution in [0.1, 0.15) is 33.1 Å². The predicted molar refractivity (Wildman–Crippen MR) is 66.7 cm³/mol. The van der Waals surface area contributed by atoms with Gasteiger partial charge >= 0.3 is 0 Å². The summed E-state index contributed by atoms with van der Waals surface area (Å²) >= 11 is 0. The summed E-state index contributed by atoms with van der Waals surface area (Å²) in [5.74, 6) is -0.00762. The number of likely N-dealkylation sites (N-methyl/N-ethyl adjacent to an activating group) is 1. The molecule has 0 atom stereocenters. The third-order valence-electron chi connectivity index (χ3n) is 3.15. The number of ether oxygens (including phenoxy) is 1. The zero-order chi connectivity index (χ0) is 12.9. The number of amides is 1. The van der Waals surface area contributed by atoms with Gasteiger partial charge in [-0.25, -0.2) is 0 Å². The van der Waals surface area contributed by atoms with Crippen LogP contribution in [0, 0.1) is 0 Å². The van der Waals surface area contributed by atoms with Crippen molar-refractivity contribution in [3.63, 3.8) is 0 Å². The molecule has 0 aliphatic carbocycles. The summed E-state index contributed by atoms with van der Waals surface area (Å²) in [4.78, 5) is 13.6. The third kappa shape index (κ3) is 4.13. The molecular weight excluding hydrogens is 218 g/mol. The smallest absolute Gasteiger partial charge is 0.249 e. The van der Waals surface area contributed by atoms with Crippen LogP contribution in [-0.2, 0) is 9.53 Å². The van der Waals surface area contributed by atoms with Gasteiger partial charge in [-0.3, -0.25) is 4.79 Å². The van der Waals surface area contributed by atoms with Crippen molar-refractivity contribution in [3.05, 3.63) is 11.6 Å². The van der Waals surface area contributed by atoms with Crippen molar-refractivity contribution >= 4 is 5.91 Å². The Morgan fingerprint density at radius 1 is 1.47 bits per heavy atom. The molecule has 17 heavy (non-hydrogen) atoms. The highest BCUT2D eigenvalue weighted by Gasteiger charge is 2.32. The Labute approximate surface area is 103 Å². The van der Waals surface area contributed by atoms with Gasteiger partial charge in [0.05, 0.1) is 5.60 Å². The first-order valence-corrected chi connectivity index (χ1v) is 6.21. The second kappa shape index (κ2) is 6.17. The summed E-state index contributed by atoms with van der Waals surface area (Å²) in [7, 11) is 1.74. The summed E-state index contributed by atoms with van der Waals surface area (Å²) in [5.41, 5.74) is -0.0412. The Morgan fingerprint density at radius 3 is 2.59 bits per heavy atom. The Morgan fingerprint density at radius 2 is 2.06 bits per heavy atom. The quantitative estimate of drug-likeness (QED) is 0.756. The number of rotatable bonds is 4. The molecule has 1 aliphatic heterocycles. The molecule has 98 valence electrons. The largest absolute Gasteiger partial charge is 0.388 e. The van der Waals surface area contributed by atoms with E-state index in [4.69, 9.17) is 4.74 Å². The van der Waals surface area contributed by atoms with Crippen LogP contribution >= 0.6 is 0 Å². The van der Waals surface area contributed by atoms with Crippen molar-refractivity contribution in [1.82, 2.24) is 4.90 Å². The number of hydrogen-bond donors (Lipinski definition) is 1. The molecule has 0 aromatic rings. The van der Waals surface area contributed by atoms with Crippen molar-refractivity contribution in [1.29, 1.82) is 0 Å². The second-order valence-corrected chi connectivity index (χ2v) is 4.79. The van der Waals surface area contributed by atoms with Gasteiger partial charge in [-0.05, 0) is 13.3 Å². The molecule has 0 bridgehead atoms. The number of aliphatic hydroxyl groups is 1. The van der Waals surface area contributed by atoms with Crippen molar-refractivity contribution < 1.29 is 14.6 Å². The number of hydrogen-bond acceptors (Lipinski definition) is 3. The van der Waals surface area contributed by atoms with Crippen LogP contribution in [0.25, 0.3) is 0 Å². The molecule has 0 radical (unpaired) electrons. The minimum Gasteiger partial charge on any atom is -0.388 e. The standard InChI is InChI=1S/C13H23NO3/c1-4-5-11(2)12(15)14(3)10-13(16)6-8-17-9-7-13/h5,16H,4,6-10H2,1-3H3/b11-5-. The van der Waals surface area contributed by atoms with E-state index >= 15 is 0 Å². The molecule has 0 spiro atoms. The molecule has 1 aliphatic rings. The molecule has 4 nitrogen and oxygen atoms in total. The summed E-state index contributed by atoms with van der Waals surface area (Å²) in [6, 6.07) is 0. The molecule has 1 N–H and O–H groups in total. The van der Waals surface area contributed by atoms with E-state index in [-0.39, 0.29) is 5.91 Å². The third-order valence-corrected chi connectivity index (χ3v) is 3.15. The molecule has 1 heterocycles. The summed E-state index contributed by atoms with van der Waals surface area (Å²) in [6.07, 6.45) is 3.96. The van der Waals surface area contributed by atoms with E-state index in [1.165, 1.54) is 0 Å². The predicted octanol–water partition coefficient (Wildman–Crippen LogP) is 1.34. The molecule has 0 saturated carbocycles. The van der Waals surface area contributed by atoms with Crippen LogP contribution in [0.15, 0.2) is 11.6 Å². The lowest BCUT2D eigenvalue weighted by Gasteiger charge is -2.35. The average Bonchev–Trinajstić information content (AvgIpc) is 2.28. The highest BCUT2D eigenvalue weighted by atomic mass is 16.5. The average molecular weight is 241 g/mol. The maximum Gasteiger partial charge on any atom is 0.249 e. The van der Waals surface area contributed by atoms with Crippen molar-refractivity contribution in [2.45, 2.75) is 38.7 Å². The summed E-state index contributed by atoms with van der Waals surface area (Å²) < 4.78 is 5.22. The normalized spacial score (nSPS) is 20.1. The van der Waals surface area contributed by atoms with Gasteiger partial charge in [0.25, 0.3) is 0 Å². The first kappa shape index (κ1) is 14.2. The number of carbonyl (C=O) groups excluding carboxylic acids is 1. The molecule has 1 amide bonds. The van der Waals surface area contributed by atoms with Gasteiger partial charge in [0.1, 0.15) is 0 Å². The van der Waals surface area contributed by atoms with Gasteiger partial charge in [0.2, 0.25) is 5.91 Å². The highest BCUT2D eigenvalue weighted by molar-refractivity contribution is 5.92. The summed E-state index contributed by atoms with van der Waals surface area (Å²) in [5, 5.41) is 10.3. The fraction of sp³-hybridized carbons (Fsp3) is 0.769. The Balaban J connectivity index is 2.55. The molecule has 0 aromatic carbocycles. The zero-order valence-corrected chi connectivity index (χ0v) is 11.0. The zero-order valence-electron chi connectivity index (χ0n) is 11.0. The minimum absolute atomic E-state index is 0.00762. The van der Waals surface area contributed by atoms with Gasteiger partial charge in [-0.15, -0.1) is 0 Å². The second-order valence-electron chi connectivity index (χ2n) is 4.79. The topological polar surface area (TPSA) is 49.8 Å². The first-order chi connectivity index (χ1) is 7.98. The van der Waals surface area contributed by atoms with E-state index in [9.17, 15) is 9.90 Å². The Hall–Kier alpha value is -0.870. The SMILES string of the molecule is CC/C=C(/C)C(=O)N(C)CC1(O)CCOCC1. The van der Waals surface area contributed by atoms with Crippen LogP contribution in [0.5, 0.6) is 0 Å². The van der Waals surface area contributed by atoms with Crippen LogP contribution in [0.4, 0.5) is 0 Å². The van der Waals surface area contributed by atoms with E-state index in [1.54, 1.807) is 11.9 Å². The fourth-order valence-electron chi connectivity index (χ4n) is 2.12. The number of allylic oxidation sites excluding steroid dienone is 1.